The predicted molar refractivity (Wildman–Crippen MR) is 75.9 cm³/mol. The van der Waals surface area contributed by atoms with Gasteiger partial charge >= 0.3 is 0 Å². The summed E-state index contributed by atoms with van der Waals surface area (Å²) in [5, 5.41) is 0. The minimum atomic E-state index is -0.361. The van der Waals surface area contributed by atoms with E-state index in [1.54, 1.807) is 36.5 Å². The van der Waals surface area contributed by atoms with Crippen LogP contribution < -0.4 is 5.49 Å². The molecule has 1 aromatic carbocycles. The minimum absolute atomic E-state index is 0.0158. The first-order chi connectivity index (χ1) is 9.58. The van der Waals surface area contributed by atoms with Crippen LogP contribution in [0.25, 0.3) is 0 Å². The average Bonchev–Trinajstić information content (AvgIpc) is 2.41. The van der Waals surface area contributed by atoms with Crippen LogP contribution in [0.4, 0.5) is 4.39 Å². The fraction of sp³-hybridized carbons (Fsp3) is 0.250. The maximum Gasteiger partial charge on any atom is 0.236 e. The molecule has 4 heteroatoms. The zero-order valence-corrected chi connectivity index (χ0v) is 11.6. The number of benzene rings is 1. The number of halogens is 1. The van der Waals surface area contributed by atoms with E-state index in [9.17, 15) is 9.18 Å². The van der Waals surface area contributed by atoms with Crippen molar-refractivity contribution in [2.45, 2.75) is 26.3 Å². The van der Waals surface area contributed by atoms with Gasteiger partial charge in [-0.25, -0.2) is 4.39 Å². The van der Waals surface area contributed by atoms with E-state index in [-0.39, 0.29) is 24.2 Å². The van der Waals surface area contributed by atoms with Crippen molar-refractivity contribution in [3.05, 3.63) is 65.5 Å². The summed E-state index contributed by atoms with van der Waals surface area (Å²) in [7, 11) is 0. The molecule has 0 unspecified atom stereocenters. The van der Waals surface area contributed by atoms with Gasteiger partial charge in [0.05, 0.1) is 6.42 Å². The number of pyridine rings is 1. The molecule has 0 aliphatic rings. The second-order valence-electron chi connectivity index (χ2n) is 4.81. The molecule has 1 heterocycles. The Morgan fingerprint density at radius 1 is 1.20 bits per heavy atom. The molecule has 3 nitrogen and oxygen atoms in total. The average molecular weight is 272 g/mol. The molecule has 0 aliphatic heterocycles. The maximum atomic E-state index is 13.6. The number of hydrogen-bond acceptors (Lipinski definition) is 2. The third-order valence-corrected chi connectivity index (χ3v) is 2.80. The molecule has 0 spiro atoms. The summed E-state index contributed by atoms with van der Waals surface area (Å²) in [4.78, 5) is 16.7. The lowest BCUT2D eigenvalue weighted by Gasteiger charge is -2.07. The Labute approximate surface area is 117 Å². The van der Waals surface area contributed by atoms with Gasteiger partial charge in [-0.1, -0.05) is 24.3 Å². The molecule has 104 valence electrons. The van der Waals surface area contributed by atoms with Crippen molar-refractivity contribution >= 4 is 5.91 Å². The smallest absolute Gasteiger partial charge is 0.236 e. The first kappa shape index (κ1) is 14.2. The van der Waals surface area contributed by atoms with Crippen LogP contribution in [-0.2, 0) is 6.42 Å². The summed E-state index contributed by atoms with van der Waals surface area (Å²) in [6.45, 7) is 3.89. The molecule has 1 aromatic heterocycles. The van der Waals surface area contributed by atoms with Crippen LogP contribution in [0.2, 0.25) is 0 Å². The van der Waals surface area contributed by atoms with Gasteiger partial charge in [-0.15, -0.1) is 0 Å². The Morgan fingerprint density at radius 2 is 1.90 bits per heavy atom. The van der Waals surface area contributed by atoms with Gasteiger partial charge in [0.15, 0.2) is 0 Å². The Morgan fingerprint density at radius 3 is 2.60 bits per heavy atom. The van der Waals surface area contributed by atoms with Gasteiger partial charge in [-0.05, 0) is 37.6 Å². The zero-order valence-electron chi connectivity index (χ0n) is 11.6. The normalized spacial score (nSPS) is 11.9. The minimum Gasteiger partial charge on any atom is -0.274 e. The topological polar surface area (TPSA) is 34.4 Å². The SMILES string of the molecule is CC(C)N=c1ccccn1C(=O)Cc1ccccc1F. The van der Waals surface area contributed by atoms with E-state index < -0.39 is 0 Å². The summed E-state index contributed by atoms with van der Waals surface area (Å²) in [5.41, 5.74) is 0.980. The highest BCUT2D eigenvalue weighted by atomic mass is 19.1. The van der Waals surface area contributed by atoms with Crippen molar-refractivity contribution < 1.29 is 9.18 Å². The largest absolute Gasteiger partial charge is 0.274 e. The Balaban J connectivity index is 2.33. The van der Waals surface area contributed by atoms with Gasteiger partial charge in [0, 0.05) is 12.2 Å². The van der Waals surface area contributed by atoms with E-state index in [1.807, 2.05) is 19.9 Å². The van der Waals surface area contributed by atoms with E-state index in [0.29, 0.717) is 11.1 Å². The number of carbonyl (C=O) groups excluding carboxylic acids is 1. The zero-order chi connectivity index (χ0) is 14.5. The first-order valence-corrected chi connectivity index (χ1v) is 6.56. The highest BCUT2D eigenvalue weighted by Gasteiger charge is 2.10. The van der Waals surface area contributed by atoms with E-state index in [0.717, 1.165) is 0 Å². The number of carbonyl (C=O) groups is 1. The van der Waals surface area contributed by atoms with E-state index in [1.165, 1.54) is 10.6 Å². The third kappa shape index (κ3) is 3.41. The molecule has 0 fully saturated rings. The Kier molecular flexibility index (Phi) is 4.45. The molecule has 2 aromatic rings. The van der Waals surface area contributed by atoms with Gasteiger partial charge < -0.3 is 0 Å². The predicted octanol–water partition coefficient (Wildman–Crippen LogP) is 2.82. The van der Waals surface area contributed by atoms with Crippen molar-refractivity contribution in [2.24, 2.45) is 4.99 Å². The molecular weight excluding hydrogens is 255 g/mol. The number of rotatable bonds is 3. The molecule has 0 aliphatic carbocycles. The van der Waals surface area contributed by atoms with Gasteiger partial charge in [-0.2, -0.15) is 0 Å². The Hall–Kier alpha value is -2.23. The lowest BCUT2D eigenvalue weighted by Crippen LogP contribution is -2.28. The molecule has 20 heavy (non-hydrogen) atoms. The fourth-order valence-corrected chi connectivity index (χ4v) is 1.90. The molecule has 0 N–H and O–H groups in total. The summed E-state index contributed by atoms with van der Waals surface area (Å²) in [6.07, 6.45) is 1.67. The molecule has 0 amide bonds. The van der Waals surface area contributed by atoms with Crippen LogP contribution in [0.5, 0.6) is 0 Å². The number of hydrogen-bond donors (Lipinski definition) is 0. The molecule has 0 saturated heterocycles. The van der Waals surface area contributed by atoms with Crippen molar-refractivity contribution in [2.75, 3.05) is 0 Å². The van der Waals surface area contributed by atoms with Crippen LogP contribution in [0.1, 0.15) is 24.2 Å². The summed E-state index contributed by atoms with van der Waals surface area (Å²) in [5.74, 6) is -0.560. The molecular formula is C16H17FN2O. The van der Waals surface area contributed by atoms with Crippen molar-refractivity contribution in [3.63, 3.8) is 0 Å². The van der Waals surface area contributed by atoms with Crippen molar-refractivity contribution in [1.82, 2.24) is 4.57 Å². The van der Waals surface area contributed by atoms with Crippen LogP contribution in [0, 0.1) is 5.82 Å². The van der Waals surface area contributed by atoms with Gasteiger partial charge in [0.25, 0.3) is 0 Å². The van der Waals surface area contributed by atoms with Crippen molar-refractivity contribution in [1.29, 1.82) is 0 Å². The molecule has 0 bridgehead atoms. The lowest BCUT2D eigenvalue weighted by atomic mass is 10.1. The van der Waals surface area contributed by atoms with Crippen molar-refractivity contribution in [3.8, 4) is 0 Å². The highest BCUT2D eigenvalue weighted by molar-refractivity contribution is 5.81. The van der Waals surface area contributed by atoms with Crippen LogP contribution in [0.15, 0.2) is 53.7 Å². The lowest BCUT2D eigenvalue weighted by molar-refractivity contribution is 0.0907. The molecule has 2 rings (SSSR count). The standard InChI is InChI=1S/C16H17FN2O/c1-12(2)18-15-9-5-6-10-19(15)16(20)11-13-7-3-4-8-14(13)17/h3-10,12H,11H2,1-2H3. The van der Waals surface area contributed by atoms with E-state index in [2.05, 4.69) is 4.99 Å². The summed E-state index contributed by atoms with van der Waals surface area (Å²) >= 11 is 0. The van der Waals surface area contributed by atoms with Gasteiger partial charge in [0.2, 0.25) is 5.91 Å². The van der Waals surface area contributed by atoms with Crippen LogP contribution >= 0.6 is 0 Å². The van der Waals surface area contributed by atoms with Crippen LogP contribution in [-0.4, -0.2) is 16.5 Å². The molecule has 0 atom stereocenters. The number of aromatic nitrogens is 1. The first-order valence-electron chi connectivity index (χ1n) is 6.56. The second kappa shape index (κ2) is 6.28. The molecule has 0 radical (unpaired) electrons. The monoisotopic (exact) mass is 272 g/mol. The van der Waals surface area contributed by atoms with Gasteiger partial charge in [-0.3, -0.25) is 14.4 Å². The van der Waals surface area contributed by atoms with E-state index in [4.69, 9.17) is 0 Å². The van der Waals surface area contributed by atoms with Gasteiger partial charge in [0.1, 0.15) is 11.3 Å². The third-order valence-electron chi connectivity index (χ3n) is 2.80. The fourth-order valence-electron chi connectivity index (χ4n) is 1.90. The van der Waals surface area contributed by atoms with Crippen LogP contribution in [0.3, 0.4) is 0 Å². The quantitative estimate of drug-likeness (QED) is 0.846. The maximum absolute atomic E-state index is 13.6. The molecule has 0 saturated carbocycles. The second-order valence-corrected chi connectivity index (χ2v) is 4.81. The highest BCUT2D eigenvalue weighted by Crippen LogP contribution is 2.07. The number of nitrogens with zero attached hydrogens (tertiary/aromatic N) is 2. The summed E-state index contributed by atoms with van der Waals surface area (Å²) < 4.78 is 15.1. The van der Waals surface area contributed by atoms with E-state index >= 15 is 0 Å². The Bertz CT molecular complexity index is 674. The summed E-state index contributed by atoms with van der Waals surface area (Å²) in [6, 6.07) is 11.8.